The number of aryl methyl sites for hydroxylation is 1. The number of rotatable bonds is 6. The maximum absolute atomic E-state index is 12.3. The van der Waals surface area contributed by atoms with Gasteiger partial charge in [0.25, 0.3) is 10.0 Å². The van der Waals surface area contributed by atoms with E-state index in [0.29, 0.717) is 5.69 Å². The van der Waals surface area contributed by atoms with Gasteiger partial charge < -0.3 is 0 Å². The Morgan fingerprint density at radius 1 is 0.783 bits per heavy atom. The maximum Gasteiger partial charge on any atom is 0.261 e. The molecule has 0 atom stereocenters. The molecule has 124 valence electrons. The summed E-state index contributed by atoms with van der Waals surface area (Å²) in [6, 6.07) is 12.3. The first-order valence-corrected chi connectivity index (χ1v) is 10.4. The van der Waals surface area contributed by atoms with E-state index in [1.165, 1.54) is 24.3 Å². The molecule has 0 unspecified atom stereocenters. The molecule has 23 heavy (non-hydrogen) atoms. The van der Waals surface area contributed by atoms with Gasteiger partial charge in [0.05, 0.1) is 15.5 Å². The Bertz CT molecular complexity index is 869. The van der Waals surface area contributed by atoms with Crippen LogP contribution < -0.4 is 4.72 Å². The molecule has 0 heterocycles. The molecule has 2 rings (SSSR count). The van der Waals surface area contributed by atoms with Gasteiger partial charge in [0.15, 0.2) is 9.84 Å². The SMILES string of the molecule is CCc1ccc(S(=O)(=O)Nc2ccc(S(=O)(=O)CC)cc2)cc1. The Morgan fingerprint density at radius 2 is 1.30 bits per heavy atom. The molecular formula is C16H19NO4S2. The van der Waals surface area contributed by atoms with Gasteiger partial charge >= 0.3 is 0 Å². The average Bonchev–Trinajstić information content (AvgIpc) is 2.55. The molecule has 2 aromatic carbocycles. The van der Waals surface area contributed by atoms with Crippen molar-refractivity contribution in [2.45, 2.75) is 30.1 Å². The van der Waals surface area contributed by atoms with E-state index in [1.807, 2.05) is 6.92 Å². The van der Waals surface area contributed by atoms with Gasteiger partial charge in [0.1, 0.15) is 0 Å². The summed E-state index contributed by atoms with van der Waals surface area (Å²) in [6.07, 6.45) is 0.834. The van der Waals surface area contributed by atoms with Crippen LogP contribution in [0.3, 0.4) is 0 Å². The van der Waals surface area contributed by atoms with E-state index in [0.717, 1.165) is 12.0 Å². The molecule has 2 aromatic rings. The largest absolute Gasteiger partial charge is 0.280 e. The average molecular weight is 353 g/mol. The van der Waals surface area contributed by atoms with Crippen molar-refractivity contribution in [1.29, 1.82) is 0 Å². The minimum Gasteiger partial charge on any atom is -0.280 e. The monoisotopic (exact) mass is 353 g/mol. The number of sulfone groups is 1. The van der Waals surface area contributed by atoms with Crippen LogP contribution in [0.5, 0.6) is 0 Å². The highest BCUT2D eigenvalue weighted by molar-refractivity contribution is 7.92. The third-order valence-corrected chi connectivity index (χ3v) is 6.64. The van der Waals surface area contributed by atoms with E-state index in [1.54, 1.807) is 31.2 Å². The molecule has 0 aromatic heterocycles. The summed E-state index contributed by atoms with van der Waals surface area (Å²) in [7, 11) is -6.99. The zero-order valence-electron chi connectivity index (χ0n) is 13.0. The molecule has 0 bridgehead atoms. The quantitative estimate of drug-likeness (QED) is 0.866. The van der Waals surface area contributed by atoms with Crippen LogP contribution in [0.25, 0.3) is 0 Å². The lowest BCUT2D eigenvalue weighted by molar-refractivity contribution is 0.597. The van der Waals surface area contributed by atoms with Gasteiger partial charge in [-0.05, 0) is 48.4 Å². The fourth-order valence-corrected chi connectivity index (χ4v) is 3.96. The van der Waals surface area contributed by atoms with Crippen molar-refractivity contribution in [2.75, 3.05) is 10.5 Å². The lowest BCUT2D eigenvalue weighted by Crippen LogP contribution is -2.13. The highest BCUT2D eigenvalue weighted by atomic mass is 32.2. The van der Waals surface area contributed by atoms with Crippen LogP contribution in [0.2, 0.25) is 0 Å². The Balaban J connectivity index is 2.23. The second kappa shape index (κ2) is 6.72. The maximum atomic E-state index is 12.3. The first kappa shape index (κ1) is 17.5. The number of hydrogen-bond donors (Lipinski definition) is 1. The van der Waals surface area contributed by atoms with Crippen LogP contribution in [-0.2, 0) is 26.3 Å². The summed E-state index contributed by atoms with van der Waals surface area (Å²) in [5.41, 5.74) is 1.37. The van der Waals surface area contributed by atoms with Crippen LogP contribution >= 0.6 is 0 Å². The first-order chi connectivity index (χ1) is 10.8. The summed E-state index contributed by atoms with van der Waals surface area (Å²) in [5.74, 6) is 0.00184. The molecule has 0 aliphatic carbocycles. The molecule has 0 fully saturated rings. The fourth-order valence-electron chi connectivity index (χ4n) is 2.02. The predicted octanol–water partition coefficient (Wildman–Crippen LogP) is 2.84. The van der Waals surface area contributed by atoms with Crippen molar-refractivity contribution < 1.29 is 16.8 Å². The van der Waals surface area contributed by atoms with Crippen LogP contribution in [0.15, 0.2) is 58.3 Å². The second-order valence-corrected chi connectivity index (χ2v) is 8.99. The highest BCUT2D eigenvalue weighted by Gasteiger charge is 2.15. The lowest BCUT2D eigenvalue weighted by Gasteiger charge is -2.09. The van der Waals surface area contributed by atoms with Gasteiger partial charge in [-0.1, -0.05) is 26.0 Å². The summed E-state index contributed by atoms with van der Waals surface area (Å²) in [5, 5.41) is 0. The van der Waals surface area contributed by atoms with Crippen molar-refractivity contribution in [3.05, 3.63) is 54.1 Å². The normalized spacial score (nSPS) is 12.1. The van der Waals surface area contributed by atoms with E-state index in [2.05, 4.69) is 4.72 Å². The van der Waals surface area contributed by atoms with Crippen LogP contribution in [0.1, 0.15) is 19.4 Å². The molecular weight excluding hydrogens is 334 g/mol. The number of benzene rings is 2. The molecule has 5 nitrogen and oxygen atoms in total. The number of hydrogen-bond acceptors (Lipinski definition) is 4. The van der Waals surface area contributed by atoms with E-state index in [9.17, 15) is 16.8 Å². The van der Waals surface area contributed by atoms with E-state index < -0.39 is 19.9 Å². The third kappa shape index (κ3) is 4.11. The minimum absolute atomic E-state index is 0.00184. The van der Waals surface area contributed by atoms with Crippen molar-refractivity contribution in [3.63, 3.8) is 0 Å². The Kier molecular flexibility index (Phi) is 5.11. The molecule has 0 aliphatic rings. The number of nitrogens with one attached hydrogen (secondary N) is 1. The Labute approximate surface area is 137 Å². The Hall–Kier alpha value is -1.86. The standard InChI is InChI=1S/C16H19NO4S2/c1-3-13-5-9-16(10-6-13)23(20,21)17-14-7-11-15(12-8-14)22(18,19)4-2/h5-12,17H,3-4H2,1-2H3. The second-order valence-electron chi connectivity index (χ2n) is 5.03. The third-order valence-electron chi connectivity index (χ3n) is 3.49. The zero-order chi connectivity index (χ0) is 17.1. The van der Waals surface area contributed by atoms with Crippen molar-refractivity contribution in [3.8, 4) is 0 Å². The molecule has 0 amide bonds. The van der Waals surface area contributed by atoms with Crippen molar-refractivity contribution >= 4 is 25.5 Å². The predicted molar refractivity (Wildman–Crippen MR) is 90.8 cm³/mol. The molecule has 7 heteroatoms. The van der Waals surface area contributed by atoms with Crippen molar-refractivity contribution in [1.82, 2.24) is 0 Å². The zero-order valence-corrected chi connectivity index (χ0v) is 14.6. The number of anilines is 1. The van der Waals surface area contributed by atoms with Gasteiger partial charge in [-0.25, -0.2) is 16.8 Å². The van der Waals surface area contributed by atoms with Crippen LogP contribution in [-0.4, -0.2) is 22.6 Å². The molecule has 0 saturated carbocycles. The summed E-state index contributed by atoms with van der Waals surface area (Å²) >= 11 is 0. The lowest BCUT2D eigenvalue weighted by atomic mass is 10.2. The molecule has 0 saturated heterocycles. The molecule has 0 aliphatic heterocycles. The van der Waals surface area contributed by atoms with Gasteiger partial charge in [0, 0.05) is 5.69 Å². The van der Waals surface area contributed by atoms with Crippen molar-refractivity contribution in [2.24, 2.45) is 0 Å². The van der Waals surface area contributed by atoms with Gasteiger partial charge in [-0.3, -0.25) is 4.72 Å². The van der Waals surface area contributed by atoms with Gasteiger partial charge in [-0.2, -0.15) is 0 Å². The summed E-state index contributed by atoms with van der Waals surface area (Å²) < 4.78 is 50.5. The summed E-state index contributed by atoms with van der Waals surface area (Å²) in [6.45, 7) is 3.56. The highest BCUT2D eigenvalue weighted by Crippen LogP contribution is 2.19. The smallest absolute Gasteiger partial charge is 0.261 e. The van der Waals surface area contributed by atoms with E-state index >= 15 is 0 Å². The van der Waals surface area contributed by atoms with E-state index in [-0.39, 0.29) is 15.5 Å². The van der Waals surface area contributed by atoms with E-state index in [4.69, 9.17) is 0 Å². The van der Waals surface area contributed by atoms with Gasteiger partial charge in [-0.15, -0.1) is 0 Å². The Morgan fingerprint density at radius 3 is 1.78 bits per heavy atom. The molecule has 0 spiro atoms. The topological polar surface area (TPSA) is 80.3 Å². The van der Waals surface area contributed by atoms with Crippen LogP contribution in [0.4, 0.5) is 5.69 Å². The van der Waals surface area contributed by atoms with Crippen LogP contribution in [0, 0.1) is 0 Å². The first-order valence-electron chi connectivity index (χ1n) is 7.23. The minimum atomic E-state index is -3.69. The molecule has 0 radical (unpaired) electrons. The van der Waals surface area contributed by atoms with Gasteiger partial charge in [0.2, 0.25) is 0 Å². The molecule has 1 N–H and O–H groups in total. The number of sulfonamides is 1. The summed E-state index contributed by atoms with van der Waals surface area (Å²) in [4.78, 5) is 0.343. The fraction of sp³-hybridized carbons (Fsp3) is 0.250.